The first-order valence-corrected chi connectivity index (χ1v) is 14.2. The normalized spacial score (nSPS) is 27.2. The van der Waals surface area contributed by atoms with Crippen molar-refractivity contribution in [3.8, 4) is 0 Å². The summed E-state index contributed by atoms with van der Waals surface area (Å²) in [6.07, 6.45) is 9.00. The lowest BCUT2D eigenvalue weighted by atomic mass is 10.0. The second-order valence-electron chi connectivity index (χ2n) is 12.3. The fraction of sp³-hybridized carbons (Fsp3) is 0.750. The topological polar surface area (TPSA) is 69.5 Å². The van der Waals surface area contributed by atoms with Gasteiger partial charge < -0.3 is 20.0 Å². The van der Waals surface area contributed by atoms with Crippen LogP contribution in [-0.4, -0.2) is 88.9 Å². The number of pyridine rings is 1. The Hall–Kier alpha value is -2.19. The van der Waals surface area contributed by atoms with Gasteiger partial charge in [-0.1, -0.05) is 26.7 Å². The fourth-order valence-corrected chi connectivity index (χ4v) is 7.01. The standard InChI is InChI=1S/C28H43N7O/c1-28(2)22-18-34(19-23(22)28)15-14-33-12-8-20(9-13-33)30-27(36)26-25-24(32(3)31-26)16-21(17-29-25)35-10-6-4-5-7-11-35/h16-17,20,22-23H,4-15,18-19H2,1-3H3,(H,30,36). The molecular weight excluding hydrogens is 450 g/mol. The van der Waals surface area contributed by atoms with Crippen LogP contribution in [0.25, 0.3) is 11.0 Å². The first-order valence-electron chi connectivity index (χ1n) is 14.2. The van der Waals surface area contributed by atoms with E-state index in [-0.39, 0.29) is 11.9 Å². The van der Waals surface area contributed by atoms with E-state index in [1.54, 1.807) is 0 Å². The maximum Gasteiger partial charge on any atom is 0.274 e. The van der Waals surface area contributed by atoms with Gasteiger partial charge in [-0.25, -0.2) is 4.98 Å². The number of amides is 1. The zero-order valence-electron chi connectivity index (χ0n) is 22.4. The van der Waals surface area contributed by atoms with Gasteiger partial charge in [-0.05, 0) is 49.0 Å². The van der Waals surface area contributed by atoms with Crippen molar-refractivity contribution in [2.75, 3.05) is 57.3 Å². The summed E-state index contributed by atoms with van der Waals surface area (Å²) in [4.78, 5) is 25.5. The number of hydrogen-bond donors (Lipinski definition) is 1. The lowest BCUT2D eigenvalue weighted by Gasteiger charge is -2.33. The molecule has 3 saturated heterocycles. The van der Waals surface area contributed by atoms with Crippen LogP contribution >= 0.6 is 0 Å². The summed E-state index contributed by atoms with van der Waals surface area (Å²) in [6, 6.07) is 2.36. The van der Waals surface area contributed by atoms with Crippen molar-refractivity contribution in [3.63, 3.8) is 0 Å². The van der Waals surface area contributed by atoms with E-state index in [1.165, 1.54) is 45.3 Å². The highest BCUT2D eigenvalue weighted by Gasteiger charge is 2.61. The Labute approximate surface area is 215 Å². The van der Waals surface area contributed by atoms with Gasteiger partial charge in [0.25, 0.3) is 5.91 Å². The van der Waals surface area contributed by atoms with Crippen molar-refractivity contribution < 1.29 is 4.79 Å². The molecule has 2 aromatic rings. The molecule has 1 amide bonds. The summed E-state index contributed by atoms with van der Waals surface area (Å²) in [5, 5.41) is 7.84. The van der Waals surface area contributed by atoms with Crippen molar-refractivity contribution in [3.05, 3.63) is 18.0 Å². The largest absolute Gasteiger partial charge is 0.370 e. The molecule has 6 rings (SSSR count). The van der Waals surface area contributed by atoms with Crippen LogP contribution in [0.1, 0.15) is 62.9 Å². The monoisotopic (exact) mass is 493 g/mol. The minimum atomic E-state index is -0.0898. The fourth-order valence-electron chi connectivity index (χ4n) is 7.01. The van der Waals surface area contributed by atoms with Gasteiger partial charge in [0, 0.05) is 65.4 Å². The molecule has 4 aliphatic rings. The van der Waals surface area contributed by atoms with Gasteiger partial charge in [-0.3, -0.25) is 9.48 Å². The molecule has 0 bridgehead atoms. The average molecular weight is 494 g/mol. The van der Waals surface area contributed by atoms with E-state index in [1.807, 2.05) is 17.9 Å². The maximum atomic E-state index is 13.2. The third-order valence-corrected chi connectivity index (χ3v) is 9.72. The second kappa shape index (κ2) is 9.60. The van der Waals surface area contributed by atoms with Crippen molar-refractivity contribution in [1.82, 2.24) is 29.9 Å². The third-order valence-electron chi connectivity index (χ3n) is 9.72. The van der Waals surface area contributed by atoms with Crippen LogP contribution in [0.15, 0.2) is 12.3 Å². The summed E-state index contributed by atoms with van der Waals surface area (Å²) in [6.45, 7) is 14.0. The van der Waals surface area contributed by atoms with E-state index in [0.717, 1.165) is 68.6 Å². The molecule has 36 heavy (non-hydrogen) atoms. The van der Waals surface area contributed by atoms with E-state index >= 15 is 0 Å². The molecule has 196 valence electrons. The number of likely N-dealkylation sites (tertiary alicyclic amines) is 2. The van der Waals surface area contributed by atoms with Gasteiger partial charge in [0.2, 0.25) is 0 Å². The third kappa shape index (κ3) is 4.62. The maximum absolute atomic E-state index is 13.2. The van der Waals surface area contributed by atoms with Gasteiger partial charge in [-0.2, -0.15) is 5.10 Å². The van der Waals surface area contributed by atoms with E-state index in [0.29, 0.717) is 16.6 Å². The lowest BCUT2D eigenvalue weighted by molar-refractivity contribution is 0.0902. The predicted molar refractivity (Wildman–Crippen MR) is 143 cm³/mol. The molecule has 4 fully saturated rings. The molecule has 1 N–H and O–H groups in total. The van der Waals surface area contributed by atoms with Crippen LogP contribution in [0, 0.1) is 17.3 Å². The summed E-state index contributed by atoms with van der Waals surface area (Å²) in [5.74, 6) is 1.76. The SMILES string of the molecule is Cn1nc(C(=O)NC2CCN(CCN3CC4C(C3)C4(C)C)CC2)c2ncc(N3CCCCCC3)cc21. The van der Waals surface area contributed by atoms with E-state index in [4.69, 9.17) is 4.98 Å². The number of piperidine rings is 2. The number of hydrogen-bond acceptors (Lipinski definition) is 6. The van der Waals surface area contributed by atoms with Gasteiger partial charge in [0.1, 0.15) is 5.52 Å². The molecule has 2 aromatic heterocycles. The minimum absolute atomic E-state index is 0.0898. The molecule has 0 spiro atoms. The molecule has 2 unspecified atom stereocenters. The van der Waals surface area contributed by atoms with Crippen LogP contribution in [0.3, 0.4) is 0 Å². The zero-order chi connectivity index (χ0) is 24.9. The van der Waals surface area contributed by atoms with Gasteiger partial charge in [0.15, 0.2) is 5.69 Å². The Kier molecular flexibility index (Phi) is 6.44. The molecule has 1 saturated carbocycles. The van der Waals surface area contributed by atoms with Crippen molar-refractivity contribution in [2.45, 2.75) is 58.4 Å². The number of carbonyl (C=O) groups excluding carboxylic acids is 1. The number of anilines is 1. The van der Waals surface area contributed by atoms with E-state index in [9.17, 15) is 4.79 Å². The predicted octanol–water partition coefficient (Wildman–Crippen LogP) is 3.13. The summed E-state index contributed by atoms with van der Waals surface area (Å²) < 4.78 is 1.81. The number of nitrogens with one attached hydrogen (secondary N) is 1. The molecule has 0 aromatic carbocycles. The van der Waals surface area contributed by atoms with Crippen LogP contribution in [0.4, 0.5) is 5.69 Å². The molecular formula is C28H43N7O. The second-order valence-corrected chi connectivity index (χ2v) is 12.3. The Morgan fingerprint density at radius 3 is 2.36 bits per heavy atom. The Bertz CT molecular complexity index is 1080. The average Bonchev–Trinajstić information content (AvgIpc) is 3.09. The first kappa shape index (κ1) is 24.2. The van der Waals surface area contributed by atoms with Gasteiger partial charge in [-0.15, -0.1) is 0 Å². The highest BCUT2D eigenvalue weighted by atomic mass is 16.2. The molecule has 8 nitrogen and oxygen atoms in total. The Balaban J connectivity index is 1.01. The number of nitrogens with zero attached hydrogens (tertiary/aromatic N) is 6. The van der Waals surface area contributed by atoms with Gasteiger partial charge in [0.05, 0.1) is 17.4 Å². The highest BCUT2D eigenvalue weighted by molar-refractivity contribution is 6.03. The van der Waals surface area contributed by atoms with Gasteiger partial charge >= 0.3 is 0 Å². The molecule has 1 aliphatic carbocycles. The minimum Gasteiger partial charge on any atom is -0.370 e. The van der Waals surface area contributed by atoms with E-state index < -0.39 is 0 Å². The van der Waals surface area contributed by atoms with Crippen LogP contribution in [-0.2, 0) is 7.05 Å². The van der Waals surface area contributed by atoms with Crippen LogP contribution in [0.5, 0.6) is 0 Å². The molecule has 5 heterocycles. The quantitative estimate of drug-likeness (QED) is 0.667. The number of rotatable bonds is 6. The Morgan fingerprint density at radius 2 is 1.67 bits per heavy atom. The summed E-state index contributed by atoms with van der Waals surface area (Å²) >= 11 is 0. The number of carbonyl (C=O) groups is 1. The molecule has 3 aliphatic heterocycles. The number of aryl methyl sites for hydroxylation is 1. The highest BCUT2D eigenvalue weighted by Crippen LogP contribution is 2.61. The first-order chi connectivity index (χ1) is 17.4. The Morgan fingerprint density at radius 1 is 1.00 bits per heavy atom. The lowest BCUT2D eigenvalue weighted by Crippen LogP contribution is -2.46. The zero-order valence-corrected chi connectivity index (χ0v) is 22.4. The summed E-state index contributed by atoms with van der Waals surface area (Å²) in [5.41, 5.74) is 3.82. The van der Waals surface area contributed by atoms with Crippen LogP contribution in [0.2, 0.25) is 0 Å². The summed E-state index contributed by atoms with van der Waals surface area (Å²) in [7, 11) is 1.91. The molecule has 2 atom stereocenters. The smallest absolute Gasteiger partial charge is 0.274 e. The van der Waals surface area contributed by atoms with Crippen molar-refractivity contribution >= 4 is 22.6 Å². The van der Waals surface area contributed by atoms with Crippen LogP contribution < -0.4 is 10.2 Å². The van der Waals surface area contributed by atoms with E-state index in [2.05, 4.69) is 45.0 Å². The number of aromatic nitrogens is 3. The van der Waals surface area contributed by atoms with Crippen molar-refractivity contribution in [1.29, 1.82) is 0 Å². The van der Waals surface area contributed by atoms with Crippen molar-refractivity contribution in [2.24, 2.45) is 24.3 Å². The number of fused-ring (bicyclic) bond motifs is 2. The molecule has 0 radical (unpaired) electrons. The molecule has 8 heteroatoms.